The van der Waals surface area contributed by atoms with Gasteiger partial charge in [-0.3, -0.25) is 10.2 Å². The largest absolute Gasteiger partial charge is 0.343 e. The smallest absolute Gasteiger partial charge is 0.266 e. The third kappa shape index (κ3) is 2.66. The molecule has 0 radical (unpaired) electrons. The van der Waals surface area contributed by atoms with Crippen molar-refractivity contribution in [2.24, 2.45) is 11.1 Å². The Balaban J connectivity index is 2.01. The van der Waals surface area contributed by atoms with E-state index < -0.39 is 17.9 Å². The topological polar surface area (TPSA) is 106 Å². The summed E-state index contributed by atoms with van der Waals surface area (Å²) in [5, 5.41) is 22.1. The zero-order chi connectivity index (χ0) is 16.4. The van der Waals surface area contributed by atoms with Crippen molar-refractivity contribution in [3.8, 4) is 0 Å². The number of rotatable bonds is 4. The van der Waals surface area contributed by atoms with E-state index in [-0.39, 0.29) is 17.1 Å². The van der Waals surface area contributed by atoms with Crippen molar-refractivity contribution in [1.29, 1.82) is 10.8 Å². The molecule has 1 amide bonds. The van der Waals surface area contributed by atoms with E-state index in [2.05, 4.69) is 10.5 Å². The van der Waals surface area contributed by atoms with Crippen LogP contribution in [0.4, 0.5) is 5.69 Å². The maximum atomic E-state index is 11.9. The quantitative estimate of drug-likeness (QED) is 0.596. The minimum Gasteiger partial charge on any atom is -0.343 e. The van der Waals surface area contributed by atoms with Gasteiger partial charge in [0.1, 0.15) is 11.4 Å². The molecule has 2 unspecified atom stereocenters. The molecule has 0 bridgehead atoms. The number of benzene rings is 2. The predicted molar refractivity (Wildman–Crippen MR) is 87.3 cm³/mol. The molecule has 6 heteroatoms. The number of nitroso groups, excluding NO2 is 1. The van der Waals surface area contributed by atoms with E-state index in [0.717, 1.165) is 0 Å². The van der Waals surface area contributed by atoms with Crippen LogP contribution < -0.4 is 5.32 Å². The van der Waals surface area contributed by atoms with Crippen LogP contribution in [0.2, 0.25) is 0 Å². The Morgan fingerprint density at radius 2 is 1.83 bits per heavy atom. The number of carbonyl (C=O) groups excluding carboxylic acids is 1. The number of nitrogens with one attached hydrogen (secondary N) is 3. The van der Waals surface area contributed by atoms with Gasteiger partial charge in [0.15, 0.2) is 0 Å². The minimum absolute atomic E-state index is 0.145. The molecular weight excluding hydrogens is 292 g/mol. The average Bonchev–Trinajstić information content (AvgIpc) is 2.90. The Hall–Kier alpha value is -3.15. The average molecular weight is 306 g/mol. The molecule has 1 fully saturated rings. The van der Waals surface area contributed by atoms with Gasteiger partial charge in [0.2, 0.25) is 0 Å². The van der Waals surface area contributed by atoms with Gasteiger partial charge in [-0.25, -0.2) is 0 Å². The zero-order valence-corrected chi connectivity index (χ0v) is 12.1. The lowest BCUT2D eigenvalue weighted by atomic mass is 9.85. The molecule has 1 aliphatic rings. The third-order valence-electron chi connectivity index (χ3n) is 3.91. The standard InChI is InChI=1S/C17H14N4O2/c18-14(10-5-2-1-3-6-10)13-15(19)17(22)20-16(13)11-7-4-8-12(9-11)21-23/h1-9,13,16,18-19H,(H,20,22). The van der Waals surface area contributed by atoms with Crippen LogP contribution >= 0.6 is 0 Å². The van der Waals surface area contributed by atoms with Crippen molar-refractivity contribution in [2.45, 2.75) is 6.04 Å². The summed E-state index contributed by atoms with van der Waals surface area (Å²) in [6, 6.07) is 15.0. The molecule has 6 nitrogen and oxygen atoms in total. The van der Waals surface area contributed by atoms with Crippen LogP contribution in [0.3, 0.4) is 0 Å². The maximum absolute atomic E-state index is 11.9. The van der Waals surface area contributed by atoms with E-state index in [1.54, 1.807) is 36.4 Å². The molecule has 2 atom stereocenters. The lowest BCUT2D eigenvalue weighted by Crippen LogP contribution is -2.26. The second-order valence-corrected chi connectivity index (χ2v) is 5.31. The number of hydrogen-bond donors (Lipinski definition) is 3. The van der Waals surface area contributed by atoms with E-state index in [1.165, 1.54) is 0 Å². The number of hydrogen-bond acceptors (Lipinski definition) is 5. The van der Waals surface area contributed by atoms with Gasteiger partial charge in [0.25, 0.3) is 5.91 Å². The van der Waals surface area contributed by atoms with E-state index in [4.69, 9.17) is 10.8 Å². The van der Waals surface area contributed by atoms with Crippen LogP contribution in [0.5, 0.6) is 0 Å². The number of amides is 1. The Kier molecular flexibility index (Phi) is 3.80. The molecular formula is C17H14N4O2. The van der Waals surface area contributed by atoms with Crippen LogP contribution in [0.1, 0.15) is 17.2 Å². The van der Waals surface area contributed by atoms with Crippen LogP contribution in [-0.4, -0.2) is 17.3 Å². The highest BCUT2D eigenvalue weighted by atomic mass is 16.3. The first-order valence-electron chi connectivity index (χ1n) is 7.08. The first-order chi connectivity index (χ1) is 11.1. The monoisotopic (exact) mass is 306 g/mol. The van der Waals surface area contributed by atoms with E-state index >= 15 is 0 Å². The van der Waals surface area contributed by atoms with Crippen molar-refractivity contribution in [2.75, 3.05) is 0 Å². The van der Waals surface area contributed by atoms with Crippen LogP contribution in [0.25, 0.3) is 0 Å². The highest BCUT2D eigenvalue weighted by Crippen LogP contribution is 2.32. The van der Waals surface area contributed by atoms with Gasteiger partial charge in [0.05, 0.1) is 17.7 Å². The number of carbonyl (C=O) groups is 1. The van der Waals surface area contributed by atoms with Crippen molar-refractivity contribution in [3.05, 3.63) is 70.6 Å². The fraction of sp³-hybridized carbons (Fsp3) is 0.118. The molecule has 2 aromatic carbocycles. The Bertz CT molecular complexity index is 801. The van der Waals surface area contributed by atoms with Crippen LogP contribution in [0.15, 0.2) is 59.8 Å². The fourth-order valence-corrected chi connectivity index (χ4v) is 2.77. The van der Waals surface area contributed by atoms with Gasteiger partial charge >= 0.3 is 0 Å². The summed E-state index contributed by atoms with van der Waals surface area (Å²) in [5.41, 5.74) is 1.62. The molecule has 3 N–H and O–H groups in total. The molecule has 1 aliphatic heterocycles. The number of nitrogens with zero attached hydrogens (tertiary/aromatic N) is 1. The van der Waals surface area contributed by atoms with Crippen molar-refractivity contribution >= 4 is 23.0 Å². The van der Waals surface area contributed by atoms with Gasteiger partial charge in [-0.05, 0) is 28.4 Å². The van der Waals surface area contributed by atoms with Gasteiger partial charge in [0, 0.05) is 0 Å². The summed E-state index contributed by atoms with van der Waals surface area (Å²) >= 11 is 0. The van der Waals surface area contributed by atoms with Crippen molar-refractivity contribution in [1.82, 2.24) is 5.32 Å². The second kappa shape index (κ2) is 5.92. The fourth-order valence-electron chi connectivity index (χ4n) is 2.77. The molecule has 1 heterocycles. The molecule has 0 aliphatic carbocycles. The predicted octanol–water partition coefficient (Wildman–Crippen LogP) is 2.96. The lowest BCUT2D eigenvalue weighted by Gasteiger charge is -2.20. The highest BCUT2D eigenvalue weighted by molar-refractivity contribution is 6.45. The molecule has 0 aromatic heterocycles. The summed E-state index contributed by atoms with van der Waals surface area (Å²) in [5.74, 6) is -1.20. The molecule has 1 saturated heterocycles. The summed E-state index contributed by atoms with van der Waals surface area (Å²) in [4.78, 5) is 22.7. The van der Waals surface area contributed by atoms with Crippen molar-refractivity contribution in [3.63, 3.8) is 0 Å². The summed E-state index contributed by atoms with van der Waals surface area (Å²) in [6.07, 6.45) is 0. The highest BCUT2D eigenvalue weighted by Gasteiger charge is 2.41. The molecule has 23 heavy (non-hydrogen) atoms. The molecule has 3 rings (SSSR count). The van der Waals surface area contributed by atoms with Gasteiger partial charge in [-0.2, -0.15) is 0 Å². The molecule has 114 valence electrons. The SMILES string of the molecule is N=C1C(=O)NC(c2cccc(N=O)c2)C1C(=N)c1ccccc1. The van der Waals surface area contributed by atoms with Gasteiger partial charge < -0.3 is 10.7 Å². The van der Waals surface area contributed by atoms with E-state index in [9.17, 15) is 9.70 Å². The Labute approximate surface area is 132 Å². The zero-order valence-electron chi connectivity index (χ0n) is 12.1. The first kappa shape index (κ1) is 14.8. The van der Waals surface area contributed by atoms with E-state index in [1.807, 2.05) is 18.2 Å². The molecule has 0 saturated carbocycles. The van der Waals surface area contributed by atoms with Gasteiger partial charge in [-0.1, -0.05) is 42.5 Å². The third-order valence-corrected chi connectivity index (χ3v) is 3.91. The Morgan fingerprint density at radius 1 is 1.09 bits per heavy atom. The van der Waals surface area contributed by atoms with Crippen LogP contribution in [-0.2, 0) is 4.79 Å². The first-order valence-corrected chi connectivity index (χ1v) is 7.08. The summed E-state index contributed by atoms with van der Waals surface area (Å²) in [7, 11) is 0. The molecule has 0 spiro atoms. The maximum Gasteiger partial charge on any atom is 0.266 e. The second-order valence-electron chi connectivity index (χ2n) is 5.31. The lowest BCUT2D eigenvalue weighted by molar-refractivity contribution is -0.114. The van der Waals surface area contributed by atoms with E-state index in [0.29, 0.717) is 11.1 Å². The van der Waals surface area contributed by atoms with Crippen LogP contribution in [0, 0.1) is 21.6 Å². The normalized spacial score (nSPS) is 20.2. The van der Waals surface area contributed by atoms with Crippen molar-refractivity contribution < 1.29 is 4.79 Å². The summed E-state index contributed by atoms with van der Waals surface area (Å²) < 4.78 is 0. The van der Waals surface area contributed by atoms with Gasteiger partial charge in [-0.15, -0.1) is 4.91 Å². The minimum atomic E-state index is -0.702. The Morgan fingerprint density at radius 3 is 2.52 bits per heavy atom. The summed E-state index contributed by atoms with van der Waals surface area (Å²) in [6.45, 7) is 0. The molecule has 2 aromatic rings.